The molecule has 1 rings (SSSR count). The number of carbonyl (C=O) groups excluding carboxylic acids is 3. The molecule has 6 nitrogen and oxygen atoms in total. The third-order valence-electron chi connectivity index (χ3n) is 5.28. The van der Waals surface area contributed by atoms with Crippen LogP contribution >= 0.6 is 0 Å². The molecule has 180 valence electrons. The van der Waals surface area contributed by atoms with Gasteiger partial charge in [-0.25, -0.2) is 0 Å². The van der Waals surface area contributed by atoms with Gasteiger partial charge in [-0.1, -0.05) is 34.6 Å². The minimum atomic E-state index is -0.00410. The third kappa shape index (κ3) is 14.5. The second-order valence-electron chi connectivity index (χ2n) is 8.37. The van der Waals surface area contributed by atoms with Crippen molar-refractivity contribution in [1.29, 1.82) is 0 Å². The highest BCUT2D eigenvalue weighted by molar-refractivity contribution is 5.80. The normalized spacial score (nSPS) is 18.3. The minimum Gasteiger partial charge on any atom is -0.381 e. The molecule has 0 aromatic rings. The smallest absolute Gasteiger partial charge is 0.220 e. The van der Waals surface area contributed by atoms with Crippen molar-refractivity contribution in [2.75, 3.05) is 26.3 Å². The van der Waals surface area contributed by atoms with E-state index >= 15 is 0 Å². The molecule has 0 atom stereocenters. The summed E-state index contributed by atoms with van der Waals surface area (Å²) in [5.74, 6) is 1.63. The van der Waals surface area contributed by atoms with Crippen LogP contribution in [0.15, 0.2) is 0 Å². The Balaban J connectivity index is -0.00000204. The molecule has 2 N–H and O–H groups in total. The molecule has 0 unspecified atom stereocenters. The van der Waals surface area contributed by atoms with E-state index < -0.39 is 0 Å². The van der Waals surface area contributed by atoms with Crippen LogP contribution in [0.1, 0.15) is 95.3 Å². The zero-order valence-corrected chi connectivity index (χ0v) is 20.1. The largest absolute Gasteiger partial charge is 0.381 e. The summed E-state index contributed by atoms with van der Waals surface area (Å²) in [5.41, 5.74) is 0. The molecule has 0 aliphatic heterocycles. The molecule has 0 radical (unpaired) electrons. The molecule has 1 aliphatic carbocycles. The van der Waals surface area contributed by atoms with Gasteiger partial charge in [-0.3, -0.25) is 14.4 Å². The molecule has 0 saturated heterocycles. The summed E-state index contributed by atoms with van der Waals surface area (Å²) in [6.07, 6.45) is 6.71. The van der Waals surface area contributed by atoms with E-state index in [1.807, 2.05) is 20.8 Å². The van der Waals surface area contributed by atoms with Crippen LogP contribution < -0.4 is 10.6 Å². The molecule has 0 bridgehead atoms. The van der Waals surface area contributed by atoms with Gasteiger partial charge < -0.3 is 15.4 Å². The molecule has 6 heteroatoms. The maximum atomic E-state index is 12.0. The number of ether oxygens (including phenoxy) is 1. The van der Waals surface area contributed by atoms with Crippen molar-refractivity contribution >= 4 is 17.6 Å². The Bertz CT molecular complexity index is 483. The average Bonchev–Trinajstić information content (AvgIpc) is 2.75. The number of hydrogen-bond donors (Lipinski definition) is 2. The molecular formula is C24H50N2O4. The third-order valence-corrected chi connectivity index (χ3v) is 5.28. The number of nitrogens with one attached hydrogen (secondary N) is 2. The van der Waals surface area contributed by atoms with Crippen molar-refractivity contribution < 1.29 is 22.0 Å². The van der Waals surface area contributed by atoms with Crippen molar-refractivity contribution in [2.24, 2.45) is 17.8 Å². The summed E-state index contributed by atoms with van der Waals surface area (Å²) in [6, 6.07) is 0. The van der Waals surface area contributed by atoms with Crippen molar-refractivity contribution in [3.8, 4) is 0 Å². The van der Waals surface area contributed by atoms with Crippen LogP contribution in [-0.4, -0.2) is 43.9 Å². The van der Waals surface area contributed by atoms with Gasteiger partial charge in [-0.05, 0) is 50.4 Å². The molecular weight excluding hydrogens is 380 g/mol. The fourth-order valence-electron chi connectivity index (χ4n) is 3.54. The molecule has 30 heavy (non-hydrogen) atoms. The van der Waals surface area contributed by atoms with Crippen molar-refractivity contribution in [3.05, 3.63) is 0 Å². The molecule has 0 heterocycles. The van der Waals surface area contributed by atoms with E-state index in [0.717, 1.165) is 38.7 Å². The fraction of sp³-hybridized carbons (Fsp3) is 0.875. The van der Waals surface area contributed by atoms with Crippen LogP contribution in [0.25, 0.3) is 0 Å². The number of ketones is 1. The Morgan fingerprint density at radius 1 is 0.967 bits per heavy atom. The zero-order chi connectivity index (χ0) is 22.8. The number of Topliss-reactive ketones (excluding diaryl/α,β-unsaturated/α-hetero) is 1. The molecule has 1 aliphatic rings. The van der Waals surface area contributed by atoms with Crippen LogP contribution in [0.2, 0.25) is 0 Å². The van der Waals surface area contributed by atoms with E-state index in [-0.39, 0.29) is 20.6 Å². The van der Waals surface area contributed by atoms with Crippen LogP contribution in [0, 0.1) is 17.8 Å². The lowest BCUT2D eigenvalue weighted by atomic mass is 9.79. The van der Waals surface area contributed by atoms with E-state index in [1.54, 1.807) is 0 Å². The minimum absolute atomic E-state index is 0. The van der Waals surface area contributed by atoms with Gasteiger partial charge in [-0.15, -0.1) is 0 Å². The van der Waals surface area contributed by atoms with Crippen LogP contribution in [-0.2, 0) is 19.1 Å². The highest BCUT2D eigenvalue weighted by atomic mass is 16.5. The van der Waals surface area contributed by atoms with Crippen molar-refractivity contribution in [1.82, 2.24) is 10.6 Å². The number of rotatable bonds is 14. The van der Waals surface area contributed by atoms with Crippen molar-refractivity contribution in [3.63, 3.8) is 0 Å². The number of hydrogen-bond acceptors (Lipinski definition) is 4. The topological polar surface area (TPSA) is 84.5 Å². The quantitative estimate of drug-likeness (QED) is 0.389. The van der Waals surface area contributed by atoms with E-state index in [4.69, 9.17) is 4.74 Å². The maximum absolute atomic E-state index is 12.0. The first-order valence-electron chi connectivity index (χ1n) is 12.1. The molecule has 0 spiro atoms. The predicted molar refractivity (Wildman–Crippen MR) is 126 cm³/mol. The van der Waals surface area contributed by atoms with E-state index in [2.05, 4.69) is 24.5 Å². The number of carbonyl (C=O) groups is 3. The summed E-state index contributed by atoms with van der Waals surface area (Å²) in [6.45, 7) is 12.9. The van der Waals surface area contributed by atoms with Crippen LogP contribution in [0.5, 0.6) is 0 Å². The van der Waals surface area contributed by atoms with E-state index in [0.29, 0.717) is 63.0 Å². The Labute approximate surface area is 187 Å². The highest BCUT2D eigenvalue weighted by Gasteiger charge is 2.25. The van der Waals surface area contributed by atoms with Gasteiger partial charge in [0.1, 0.15) is 5.78 Å². The van der Waals surface area contributed by atoms with Crippen LogP contribution in [0.4, 0.5) is 0 Å². The Hall–Kier alpha value is -1.43. The lowest BCUT2D eigenvalue weighted by Crippen LogP contribution is -2.32. The highest BCUT2D eigenvalue weighted by Crippen LogP contribution is 2.29. The van der Waals surface area contributed by atoms with Gasteiger partial charge in [0.05, 0.1) is 0 Å². The van der Waals surface area contributed by atoms with Gasteiger partial charge in [0, 0.05) is 54.3 Å². The Morgan fingerprint density at radius 2 is 1.57 bits per heavy atom. The lowest BCUT2D eigenvalue weighted by Gasteiger charge is -2.27. The zero-order valence-electron chi connectivity index (χ0n) is 20.1. The molecule has 0 aromatic heterocycles. The van der Waals surface area contributed by atoms with Crippen LogP contribution in [0.3, 0.4) is 0 Å². The summed E-state index contributed by atoms with van der Waals surface area (Å²) in [4.78, 5) is 35.5. The maximum Gasteiger partial charge on any atom is 0.220 e. The number of amides is 2. The molecule has 1 fully saturated rings. The summed E-state index contributed by atoms with van der Waals surface area (Å²) in [7, 11) is 0. The van der Waals surface area contributed by atoms with Gasteiger partial charge in [-0.2, -0.15) is 0 Å². The predicted octanol–water partition coefficient (Wildman–Crippen LogP) is 4.76. The first-order chi connectivity index (χ1) is 14.4. The second-order valence-corrected chi connectivity index (χ2v) is 8.37. The fourth-order valence-corrected chi connectivity index (χ4v) is 3.54. The molecule has 0 aromatic carbocycles. The average molecular weight is 431 g/mol. The Kier molecular flexibility index (Phi) is 17.5. The summed E-state index contributed by atoms with van der Waals surface area (Å²) in [5, 5.41) is 5.86. The monoisotopic (exact) mass is 430 g/mol. The lowest BCUT2D eigenvalue weighted by molar-refractivity contribution is -0.125. The SMILES string of the molecule is CC.CCC(=O)C1CCC(CNC(=O)CCCC(=O)NCCCOCC(C)C)CC1.[HH].[HH]. The van der Waals surface area contributed by atoms with Gasteiger partial charge >= 0.3 is 0 Å². The first kappa shape index (κ1) is 28.6. The van der Waals surface area contributed by atoms with Crippen molar-refractivity contribution in [2.45, 2.75) is 92.4 Å². The van der Waals surface area contributed by atoms with E-state index in [1.165, 1.54) is 0 Å². The summed E-state index contributed by atoms with van der Waals surface area (Å²) >= 11 is 0. The second kappa shape index (κ2) is 18.3. The van der Waals surface area contributed by atoms with Gasteiger partial charge in [0.15, 0.2) is 0 Å². The first-order valence-corrected chi connectivity index (χ1v) is 12.1. The standard InChI is InChI=1S/C22H40N2O4.C2H6.2H2/c1-4-20(25)19-11-9-18(10-12-19)15-24-22(27)8-5-7-21(26)23-13-6-14-28-16-17(2)3;1-2;;/h17-19H,4-16H2,1-3H3,(H,23,26)(H,24,27);1-2H3;2*1H. The Morgan fingerprint density at radius 3 is 2.13 bits per heavy atom. The van der Waals surface area contributed by atoms with Gasteiger partial charge in [0.2, 0.25) is 11.8 Å². The van der Waals surface area contributed by atoms with E-state index in [9.17, 15) is 14.4 Å². The molecule has 1 saturated carbocycles. The summed E-state index contributed by atoms with van der Waals surface area (Å²) < 4.78 is 5.47. The molecule has 2 amide bonds. The van der Waals surface area contributed by atoms with Gasteiger partial charge in [0.25, 0.3) is 0 Å².